The predicted octanol–water partition coefficient (Wildman–Crippen LogP) is 2.25. The number of hydrogen-bond acceptors (Lipinski definition) is 3. The van der Waals surface area contributed by atoms with Crippen molar-refractivity contribution in [2.24, 2.45) is 0 Å². The highest BCUT2D eigenvalue weighted by Gasteiger charge is 2.22. The van der Waals surface area contributed by atoms with E-state index in [-0.39, 0.29) is 5.91 Å². The molecule has 2 heterocycles. The molecule has 98 valence electrons. The van der Waals surface area contributed by atoms with E-state index in [0.29, 0.717) is 5.75 Å². The summed E-state index contributed by atoms with van der Waals surface area (Å²) in [4.78, 5) is 18.1. The minimum Gasteiger partial charge on any atom is -0.479 e. The molecular weight excluding hydrogens is 228 g/mol. The lowest BCUT2D eigenvalue weighted by atomic mass is 10.2. The average molecular weight is 248 g/mol. The van der Waals surface area contributed by atoms with Crippen LogP contribution in [0.1, 0.15) is 32.6 Å². The molecule has 1 aromatic rings. The van der Waals surface area contributed by atoms with E-state index < -0.39 is 6.10 Å². The number of hydrogen-bond donors (Lipinski definition) is 0. The highest BCUT2D eigenvalue weighted by atomic mass is 16.5. The molecule has 1 aromatic heterocycles. The van der Waals surface area contributed by atoms with Gasteiger partial charge in [-0.3, -0.25) is 9.78 Å². The van der Waals surface area contributed by atoms with Gasteiger partial charge < -0.3 is 9.64 Å². The van der Waals surface area contributed by atoms with Crippen molar-refractivity contribution >= 4 is 5.91 Å². The Balaban J connectivity index is 1.91. The molecule has 4 nitrogen and oxygen atoms in total. The number of carbonyl (C=O) groups is 1. The number of rotatable bonds is 3. The van der Waals surface area contributed by atoms with Crippen LogP contribution in [0.4, 0.5) is 0 Å². The number of aromatic nitrogens is 1. The van der Waals surface area contributed by atoms with Gasteiger partial charge >= 0.3 is 0 Å². The van der Waals surface area contributed by atoms with E-state index in [1.54, 1.807) is 25.4 Å². The standard InChI is InChI=1S/C14H20N2O2/c1-12(18-13-7-6-8-15-11-13)14(17)16-9-4-2-3-5-10-16/h6-8,11-12H,2-5,9-10H2,1H3. The Morgan fingerprint density at radius 1 is 1.33 bits per heavy atom. The van der Waals surface area contributed by atoms with E-state index in [1.165, 1.54) is 12.8 Å². The van der Waals surface area contributed by atoms with Gasteiger partial charge in [0.05, 0.1) is 6.20 Å². The Labute approximate surface area is 108 Å². The van der Waals surface area contributed by atoms with Crippen molar-refractivity contribution in [1.29, 1.82) is 0 Å². The summed E-state index contributed by atoms with van der Waals surface area (Å²) in [6.07, 6.45) is 7.53. The van der Waals surface area contributed by atoms with E-state index in [4.69, 9.17) is 4.74 Å². The molecule has 0 aliphatic carbocycles. The number of ether oxygens (including phenoxy) is 1. The topological polar surface area (TPSA) is 42.4 Å². The fraction of sp³-hybridized carbons (Fsp3) is 0.571. The second kappa shape index (κ2) is 6.38. The summed E-state index contributed by atoms with van der Waals surface area (Å²) in [5.74, 6) is 0.730. The predicted molar refractivity (Wildman–Crippen MR) is 69.4 cm³/mol. The Kier molecular flexibility index (Phi) is 4.56. The van der Waals surface area contributed by atoms with Crippen LogP contribution in [0.25, 0.3) is 0 Å². The largest absolute Gasteiger partial charge is 0.479 e. The first-order chi connectivity index (χ1) is 8.77. The van der Waals surface area contributed by atoms with Gasteiger partial charge in [-0.15, -0.1) is 0 Å². The Morgan fingerprint density at radius 3 is 2.67 bits per heavy atom. The quantitative estimate of drug-likeness (QED) is 0.824. The molecule has 2 rings (SSSR count). The highest BCUT2D eigenvalue weighted by Crippen LogP contribution is 2.14. The molecule has 0 aromatic carbocycles. The maximum atomic E-state index is 12.2. The van der Waals surface area contributed by atoms with Crippen molar-refractivity contribution in [3.8, 4) is 5.75 Å². The van der Waals surface area contributed by atoms with Gasteiger partial charge in [0.25, 0.3) is 5.91 Å². The van der Waals surface area contributed by atoms with Crippen molar-refractivity contribution in [1.82, 2.24) is 9.88 Å². The summed E-state index contributed by atoms with van der Waals surface area (Å²) in [6.45, 7) is 3.53. The van der Waals surface area contributed by atoms with Gasteiger partial charge in [-0.1, -0.05) is 12.8 Å². The van der Waals surface area contributed by atoms with Crippen LogP contribution in [-0.2, 0) is 4.79 Å². The summed E-state index contributed by atoms with van der Waals surface area (Å²) in [6, 6.07) is 3.62. The maximum Gasteiger partial charge on any atom is 0.263 e. The van der Waals surface area contributed by atoms with E-state index in [0.717, 1.165) is 25.9 Å². The molecular formula is C14H20N2O2. The van der Waals surface area contributed by atoms with Crippen LogP contribution in [-0.4, -0.2) is 35.0 Å². The number of carbonyl (C=O) groups excluding carboxylic acids is 1. The number of amides is 1. The Hall–Kier alpha value is -1.58. The highest BCUT2D eigenvalue weighted by molar-refractivity contribution is 5.80. The lowest BCUT2D eigenvalue weighted by Crippen LogP contribution is -2.41. The summed E-state index contributed by atoms with van der Waals surface area (Å²) in [7, 11) is 0. The molecule has 1 saturated heterocycles. The third kappa shape index (κ3) is 3.45. The van der Waals surface area contributed by atoms with Crippen LogP contribution in [0.15, 0.2) is 24.5 Å². The molecule has 1 amide bonds. The van der Waals surface area contributed by atoms with Crippen LogP contribution < -0.4 is 4.74 Å². The van der Waals surface area contributed by atoms with Gasteiger partial charge in [-0.2, -0.15) is 0 Å². The molecule has 0 saturated carbocycles. The summed E-state index contributed by atoms with van der Waals surface area (Å²) in [5.41, 5.74) is 0. The van der Waals surface area contributed by atoms with Crippen molar-refractivity contribution < 1.29 is 9.53 Å². The third-order valence-electron chi connectivity index (χ3n) is 3.21. The molecule has 18 heavy (non-hydrogen) atoms. The van der Waals surface area contributed by atoms with Gasteiger partial charge in [-0.25, -0.2) is 0 Å². The molecule has 1 atom stereocenters. The minimum atomic E-state index is -0.438. The first-order valence-corrected chi connectivity index (χ1v) is 6.63. The Bertz CT molecular complexity index is 373. The molecule has 4 heteroatoms. The first kappa shape index (κ1) is 12.9. The van der Waals surface area contributed by atoms with Crippen LogP contribution >= 0.6 is 0 Å². The normalized spacial score (nSPS) is 17.9. The summed E-state index contributed by atoms with van der Waals surface area (Å²) in [5, 5.41) is 0. The summed E-state index contributed by atoms with van der Waals surface area (Å²) < 4.78 is 5.62. The fourth-order valence-electron chi connectivity index (χ4n) is 2.22. The van der Waals surface area contributed by atoms with E-state index >= 15 is 0 Å². The smallest absolute Gasteiger partial charge is 0.263 e. The second-order valence-electron chi connectivity index (χ2n) is 4.69. The van der Waals surface area contributed by atoms with Crippen LogP contribution in [0.2, 0.25) is 0 Å². The molecule has 0 radical (unpaired) electrons. The molecule has 1 unspecified atom stereocenters. The van der Waals surface area contributed by atoms with Gasteiger partial charge in [0.1, 0.15) is 5.75 Å². The molecule has 0 spiro atoms. The zero-order chi connectivity index (χ0) is 12.8. The lowest BCUT2D eigenvalue weighted by Gasteiger charge is -2.24. The zero-order valence-electron chi connectivity index (χ0n) is 10.8. The first-order valence-electron chi connectivity index (χ1n) is 6.63. The monoisotopic (exact) mass is 248 g/mol. The molecule has 1 aliphatic heterocycles. The summed E-state index contributed by atoms with van der Waals surface area (Å²) >= 11 is 0. The van der Waals surface area contributed by atoms with Gasteiger partial charge in [0.15, 0.2) is 6.10 Å². The minimum absolute atomic E-state index is 0.0840. The number of pyridine rings is 1. The molecule has 1 fully saturated rings. The zero-order valence-corrected chi connectivity index (χ0v) is 10.8. The third-order valence-corrected chi connectivity index (χ3v) is 3.21. The van der Waals surface area contributed by atoms with Crippen LogP contribution in [0.5, 0.6) is 5.75 Å². The van der Waals surface area contributed by atoms with Crippen molar-refractivity contribution in [2.75, 3.05) is 13.1 Å². The van der Waals surface area contributed by atoms with Crippen molar-refractivity contribution in [3.05, 3.63) is 24.5 Å². The van der Waals surface area contributed by atoms with Crippen molar-refractivity contribution in [2.45, 2.75) is 38.7 Å². The number of likely N-dealkylation sites (tertiary alicyclic amines) is 1. The van der Waals surface area contributed by atoms with Gasteiger partial charge in [0, 0.05) is 19.3 Å². The van der Waals surface area contributed by atoms with Crippen LogP contribution in [0.3, 0.4) is 0 Å². The fourth-order valence-corrected chi connectivity index (χ4v) is 2.22. The average Bonchev–Trinajstić information content (AvgIpc) is 2.68. The molecule has 0 bridgehead atoms. The molecule has 0 N–H and O–H groups in total. The number of nitrogens with zero attached hydrogens (tertiary/aromatic N) is 2. The SMILES string of the molecule is CC(Oc1cccnc1)C(=O)N1CCCCCC1. The molecule has 1 aliphatic rings. The maximum absolute atomic E-state index is 12.2. The van der Waals surface area contributed by atoms with Gasteiger partial charge in [-0.05, 0) is 31.9 Å². The van der Waals surface area contributed by atoms with Crippen molar-refractivity contribution in [3.63, 3.8) is 0 Å². The van der Waals surface area contributed by atoms with E-state index in [2.05, 4.69) is 4.98 Å². The lowest BCUT2D eigenvalue weighted by molar-refractivity contribution is -0.137. The van der Waals surface area contributed by atoms with Gasteiger partial charge in [0.2, 0.25) is 0 Å². The van der Waals surface area contributed by atoms with E-state index in [9.17, 15) is 4.79 Å². The van der Waals surface area contributed by atoms with Crippen LogP contribution in [0, 0.1) is 0 Å². The Morgan fingerprint density at radius 2 is 2.06 bits per heavy atom. The second-order valence-corrected chi connectivity index (χ2v) is 4.69. The van der Waals surface area contributed by atoms with E-state index in [1.807, 2.05) is 11.0 Å².